The molecule has 4 heteroatoms. The number of carbonyl (C=O) groups is 1. The minimum atomic E-state index is -0.0629. The standard InChI is InChI=1S/C8H10N2OS/c1-2-5-7(11)10-8-6(9-5)3-4-12-8/h3-5,9H,2H2,1H3,(H,10,11). The molecule has 1 unspecified atom stereocenters. The van der Waals surface area contributed by atoms with Crippen LogP contribution in [0.5, 0.6) is 0 Å². The molecule has 1 aromatic rings. The Morgan fingerprint density at radius 1 is 1.67 bits per heavy atom. The fourth-order valence-electron chi connectivity index (χ4n) is 1.26. The van der Waals surface area contributed by atoms with Crippen LogP contribution in [0.25, 0.3) is 0 Å². The zero-order chi connectivity index (χ0) is 8.55. The van der Waals surface area contributed by atoms with Crippen LogP contribution in [0, 0.1) is 0 Å². The van der Waals surface area contributed by atoms with Crippen molar-refractivity contribution in [2.75, 3.05) is 10.6 Å². The van der Waals surface area contributed by atoms with Crippen LogP contribution < -0.4 is 10.6 Å². The van der Waals surface area contributed by atoms with E-state index in [-0.39, 0.29) is 11.9 Å². The van der Waals surface area contributed by atoms with Gasteiger partial charge in [-0.15, -0.1) is 11.3 Å². The Balaban J connectivity index is 2.29. The summed E-state index contributed by atoms with van der Waals surface area (Å²) in [5.41, 5.74) is 1.05. The minimum Gasteiger partial charge on any atom is -0.371 e. The second kappa shape index (κ2) is 2.79. The molecule has 2 N–H and O–H groups in total. The highest BCUT2D eigenvalue weighted by Gasteiger charge is 2.23. The van der Waals surface area contributed by atoms with E-state index in [0.717, 1.165) is 17.1 Å². The highest BCUT2D eigenvalue weighted by molar-refractivity contribution is 7.15. The van der Waals surface area contributed by atoms with Gasteiger partial charge in [0.15, 0.2) is 0 Å². The lowest BCUT2D eigenvalue weighted by Gasteiger charge is -2.22. The van der Waals surface area contributed by atoms with E-state index in [1.165, 1.54) is 0 Å². The molecule has 2 heterocycles. The Kier molecular flexibility index (Phi) is 1.77. The largest absolute Gasteiger partial charge is 0.371 e. The third-order valence-corrected chi connectivity index (χ3v) is 2.79. The number of fused-ring (bicyclic) bond motifs is 1. The van der Waals surface area contributed by atoms with Gasteiger partial charge in [-0.05, 0) is 17.9 Å². The van der Waals surface area contributed by atoms with Crippen molar-refractivity contribution >= 4 is 27.9 Å². The lowest BCUT2D eigenvalue weighted by Crippen LogP contribution is -2.37. The number of carbonyl (C=O) groups excluding carboxylic acids is 1. The highest BCUT2D eigenvalue weighted by Crippen LogP contribution is 2.32. The van der Waals surface area contributed by atoms with Crippen molar-refractivity contribution in [3.8, 4) is 0 Å². The molecule has 0 aromatic carbocycles. The number of hydrogen-bond acceptors (Lipinski definition) is 3. The third-order valence-electron chi connectivity index (χ3n) is 1.96. The summed E-state index contributed by atoms with van der Waals surface area (Å²) in [5, 5.41) is 8.94. The molecule has 0 spiro atoms. The summed E-state index contributed by atoms with van der Waals surface area (Å²) in [4.78, 5) is 11.3. The van der Waals surface area contributed by atoms with Gasteiger partial charge in [0.2, 0.25) is 5.91 Å². The molecule has 1 amide bonds. The van der Waals surface area contributed by atoms with Crippen LogP contribution in [0.1, 0.15) is 13.3 Å². The quantitative estimate of drug-likeness (QED) is 0.696. The molecule has 0 fully saturated rings. The van der Waals surface area contributed by atoms with Gasteiger partial charge in [0, 0.05) is 0 Å². The van der Waals surface area contributed by atoms with E-state index >= 15 is 0 Å². The molecule has 12 heavy (non-hydrogen) atoms. The number of amides is 1. The third kappa shape index (κ3) is 1.08. The molecule has 2 rings (SSSR count). The summed E-state index contributed by atoms with van der Waals surface area (Å²) in [5.74, 6) is 0.0763. The van der Waals surface area contributed by atoms with Gasteiger partial charge >= 0.3 is 0 Å². The van der Waals surface area contributed by atoms with E-state index in [0.29, 0.717) is 0 Å². The number of nitrogens with one attached hydrogen (secondary N) is 2. The van der Waals surface area contributed by atoms with E-state index in [2.05, 4.69) is 10.6 Å². The van der Waals surface area contributed by atoms with Crippen molar-refractivity contribution in [2.45, 2.75) is 19.4 Å². The number of rotatable bonds is 1. The van der Waals surface area contributed by atoms with Gasteiger partial charge in [-0.1, -0.05) is 6.92 Å². The Morgan fingerprint density at radius 3 is 3.25 bits per heavy atom. The molecular weight excluding hydrogens is 172 g/mol. The maximum atomic E-state index is 11.3. The van der Waals surface area contributed by atoms with E-state index in [1.807, 2.05) is 18.4 Å². The van der Waals surface area contributed by atoms with Crippen LogP contribution in [0.15, 0.2) is 11.4 Å². The predicted molar refractivity (Wildman–Crippen MR) is 50.7 cm³/mol. The zero-order valence-corrected chi connectivity index (χ0v) is 7.57. The van der Waals surface area contributed by atoms with E-state index in [1.54, 1.807) is 11.3 Å². The monoisotopic (exact) mass is 182 g/mol. The van der Waals surface area contributed by atoms with Crippen LogP contribution in [-0.4, -0.2) is 11.9 Å². The average molecular weight is 182 g/mol. The minimum absolute atomic E-state index is 0.0629. The maximum absolute atomic E-state index is 11.3. The second-order valence-electron chi connectivity index (χ2n) is 2.76. The first-order valence-electron chi connectivity index (χ1n) is 3.96. The van der Waals surface area contributed by atoms with Gasteiger partial charge < -0.3 is 10.6 Å². The lowest BCUT2D eigenvalue weighted by molar-refractivity contribution is -0.117. The first-order chi connectivity index (χ1) is 5.81. The van der Waals surface area contributed by atoms with E-state index in [9.17, 15) is 4.79 Å². The molecule has 1 atom stereocenters. The molecule has 0 saturated carbocycles. The van der Waals surface area contributed by atoms with Gasteiger partial charge in [0.05, 0.1) is 5.69 Å². The Bertz CT molecular complexity index is 308. The fourth-order valence-corrected chi connectivity index (χ4v) is 2.01. The second-order valence-corrected chi connectivity index (χ2v) is 3.67. The summed E-state index contributed by atoms with van der Waals surface area (Å²) >= 11 is 1.55. The Hall–Kier alpha value is -1.03. The van der Waals surface area contributed by atoms with Gasteiger partial charge in [-0.25, -0.2) is 0 Å². The molecular formula is C8H10N2OS. The predicted octanol–water partition coefficient (Wildman–Crippen LogP) is 1.89. The van der Waals surface area contributed by atoms with Crippen molar-refractivity contribution < 1.29 is 4.79 Å². The summed E-state index contributed by atoms with van der Waals surface area (Å²) in [6, 6.07) is 1.93. The number of anilines is 2. The fraction of sp³-hybridized carbons (Fsp3) is 0.375. The summed E-state index contributed by atoms with van der Waals surface area (Å²) in [6.07, 6.45) is 0.821. The number of thiophene rings is 1. The lowest BCUT2D eigenvalue weighted by atomic mass is 10.2. The molecule has 0 radical (unpaired) electrons. The van der Waals surface area contributed by atoms with Gasteiger partial charge in [0.1, 0.15) is 11.0 Å². The first-order valence-corrected chi connectivity index (χ1v) is 4.84. The smallest absolute Gasteiger partial charge is 0.247 e. The molecule has 1 aromatic heterocycles. The van der Waals surface area contributed by atoms with Gasteiger partial charge in [-0.2, -0.15) is 0 Å². The maximum Gasteiger partial charge on any atom is 0.247 e. The molecule has 1 aliphatic heterocycles. The molecule has 1 aliphatic rings. The summed E-state index contributed by atoms with van der Waals surface area (Å²) < 4.78 is 0. The van der Waals surface area contributed by atoms with Gasteiger partial charge in [0.25, 0.3) is 0 Å². The number of hydrogen-bond donors (Lipinski definition) is 2. The molecule has 64 valence electrons. The van der Waals surface area contributed by atoms with Crippen LogP contribution in [0.3, 0.4) is 0 Å². The zero-order valence-electron chi connectivity index (χ0n) is 6.76. The van der Waals surface area contributed by atoms with Crippen molar-refractivity contribution in [3.63, 3.8) is 0 Å². The van der Waals surface area contributed by atoms with Crippen LogP contribution in [-0.2, 0) is 4.79 Å². The van der Waals surface area contributed by atoms with Crippen LogP contribution in [0.4, 0.5) is 10.7 Å². The van der Waals surface area contributed by atoms with Crippen LogP contribution in [0.2, 0.25) is 0 Å². The molecule has 0 saturated heterocycles. The van der Waals surface area contributed by atoms with Crippen molar-refractivity contribution in [2.24, 2.45) is 0 Å². The van der Waals surface area contributed by atoms with Crippen molar-refractivity contribution in [1.82, 2.24) is 0 Å². The molecule has 3 nitrogen and oxygen atoms in total. The molecule has 0 aliphatic carbocycles. The van der Waals surface area contributed by atoms with Gasteiger partial charge in [-0.3, -0.25) is 4.79 Å². The van der Waals surface area contributed by atoms with Crippen molar-refractivity contribution in [1.29, 1.82) is 0 Å². The van der Waals surface area contributed by atoms with Crippen molar-refractivity contribution in [3.05, 3.63) is 11.4 Å². The Labute approximate surface area is 74.8 Å². The highest BCUT2D eigenvalue weighted by atomic mass is 32.1. The molecule has 0 bridgehead atoms. The Morgan fingerprint density at radius 2 is 2.50 bits per heavy atom. The normalized spacial score (nSPS) is 21.1. The average Bonchev–Trinajstić information content (AvgIpc) is 2.49. The SMILES string of the molecule is CCC1Nc2ccsc2NC1=O. The van der Waals surface area contributed by atoms with E-state index < -0.39 is 0 Å². The summed E-state index contributed by atoms with van der Waals surface area (Å²) in [6.45, 7) is 1.99. The first kappa shape index (κ1) is 7.61. The van der Waals surface area contributed by atoms with Crippen LogP contribution >= 0.6 is 11.3 Å². The topological polar surface area (TPSA) is 41.1 Å². The van der Waals surface area contributed by atoms with E-state index in [4.69, 9.17) is 0 Å². The summed E-state index contributed by atoms with van der Waals surface area (Å²) in [7, 11) is 0.